The largest absolute Gasteiger partial charge is 0.466 e. The monoisotopic (exact) mass is 280 g/mol. The van der Waals surface area contributed by atoms with Crippen molar-refractivity contribution in [2.45, 2.75) is 78.1 Å². The Morgan fingerprint density at radius 1 is 0.850 bits per heavy atom. The van der Waals surface area contributed by atoms with Gasteiger partial charge in [-0.1, -0.05) is 69.8 Å². The van der Waals surface area contributed by atoms with E-state index in [-0.39, 0.29) is 5.97 Å². The van der Waals surface area contributed by atoms with E-state index in [2.05, 4.69) is 31.2 Å². The summed E-state index contributed by atoms with van der Waals surface area (Å²) in [5.74, 6) is -0.163. The number of esters is 1. The number of carbonyl (C=O) groups is 1. The highest BCUT2D eigenvalue weighted by Gasteiger charge is 1.94. The van der Waals surface area contributed by atoms with Crippen LogP contribution < -0.4 is 0 Å². The normalized spacial score (nSPS) is 11.5. The molecule has 0 radical (unpaired) electrons. The number of unbranched alkanes of at least 4 members (excludes halogenated alkanes) is 8. The molecule has 0 fully saturated rings. The van der Waals surface area contributed by atoms with Gasteiger partial charge in [0, 0.05) is 6.92 Å². The lowest BCUT2D eigenvalue weighted by atomic mass is 10.1. The molecule has 0 aromatic heterocycles. The van der Waals surface area contributed by atoms with Gasteiger partial charge in [0.15, 0.2) is 0 Å². The van der Waals surface area contributed by atoms with Crippen LogP contribution in [-0.4, -0.2) is 12.6 Å². The first-order valence-electron chi connectivity index (χ1n) is 8.22. The molecular weight excluding hydrogens is 248 g/mol. The Hall–Kier alpha value is -1.05. The Bertz CT molecular complexity index is 267. The number of hydrogen-bond donors (Lipinski definition) is 0. The van der Waals surface area contributed by atoms with Crippen LogP contribution in [0.3, 0.4) is 0 Å². The van der Waals surface area contributed by atoms with Crippen LogP contribution in [0.2, 0.25) is 0 Å². The first-order valence-corrected chi connectivity index (χ1v) is 8.22. The number of ether oxygens (including phenoxy) is 1. The van der Waals surface area contributed by atoms with Gasteiger partial charge in [0.25, 0.3) is 0 Å². The molecule has 0 rings (SSSR count). The molecule has 0 amide bonds. The van der Waals surface area contributed by atoms with Gasteiger partial charge in [0.05, 0.1) is 6.61 Å². The first kappa shape index (κ1) is 18.9. The molecule has 0 bridgehead atoms. The Labute approximate surface area is 125 Å². The average Bonchev–Trinajstić information content (AvgIpc) is 2.43. The molecule has 0 atom stereocenters. The SMILES string of the molecule is CC/C=C/C=C\CCCCCCCCCCOC(C)=O. The van der Waals surface area contributed by atoms with E-state index in [4.69, 9.17) is 4.74 Å². The van der Waals surface area contributed by atoms with Crippen LogP contribution in [0.1, 0.15) is 78.1 Å². The highest BCUT2D eigenvalue weighted by atomic mass is 16.5. The van der Waals surface area contributed by atoms with Crippen molar-refractivity contribution >= 4 is 5.97 Å². The van der Waals surface area contributed by atoms with Gasteiger partial charge in [0.1, 0.15) is 0 Å². The fourth-order valence-corrected chi connectivity index (χ4v) is 2.03. The third-order valence-corrected chi connectivity index (χ3v) is 3.19. The van der Waals surface area contributed by atoms with Gasteiger partial charge in [-0.3, -0.25) is 4.79 Å². The highest BCUT2D eigenvalue weighted by molar-refractivity contribution is 5.65. The third-order valence-electron chi connectivity index (χ3n) is 3.19. The summed E-state index contributed by atoms with van der Waals surface area (Å²) in [5.41, 5.74) is 0. The molecule has 0 saturated heterocycles. The molecule has 0 aliphatic carbocycles. The van der Waals surface area contributed by atoms with Gasteiger partial charge in [-0.05, 0) is 25.7 Å². The standard InChI is InChI=1S/C18H32O2/c1-3-4-5-6-7-8-9-10-11-12-13-14-15-16-17-20-18(2)19/h4-7H,3,8-17H2,1-2H3/b5-4+,7-6-. The summed E-state index contributed by atoms with van der Waals surface area (Å²) in [4.78, 5) is 10.5. The third kappa shape index (κ3) is 16.9. The summed E-state index contributed by atoms with van der Waals surface area (Å²) in [7, 11) is 0. The molecule has 0 aromatic carbocycles. The van der Waals surface area contributed by atoms with Crippen molar-refractivity contribution in [2.24, 2.45) is 0 Å². The molecule has 20 heavy (non-hydrogen) atoms. The maximum absolute atomic E-state index is 10.5. The van der Waals surface area contributed by atoms with Gasteiger partial charge < -0.3 is 4.74 Å². The lowest BCUT2D eigenvalue weighted by Crippen LogP contribution is -2.00. The maximum atomic E-state index is 10.5. The van der Waals surface area contributed by atoms with Crippen molar-refractivity contribution in [1.29, 1.82) is 0 Å². The molecule has 0 aromatic rings. The summed E-state index contributed by atoms with van der Waals surface area (Å²) in [5, 5.41) is 0. The number of allylic oxidation sites excluding steroid dienone is 4. The molecule has 2 nitrogen and oxygen atoms in total. The second kappa shape index (κ2) is 16.0. The van der Waals surface area contributed by atoms with Crippen molar-refractivity contribution < 1.29 is 9.53 Å². The summed E-state index contributed by atoms with van der Waals surface area (Å²) in [6.45, 7) is 4.21. The predicted molar refractivity (Wildman–Crippen MR) is 86.8 cm³/mol. The molecule has 0 aliphatic heterocycles. The van der Waals surface area contributed by atoms with E-state index in [1.54, 1.807) is 0 Å². The average molecular weight is 280 g/mol. The summed E-state index contributed by atoms with van der Waals surface area (Å²) in [6.07, 6.45) is 21.2. The van der Waals surface area contributed by atoms with Crippen molar-refractivity contribution in [2.75, 3.05) is 6.61 Å². The lowest BCUT2D eigenvalue weighted by molar-refractivity contribution is -0.141. The molecule has 116 valence electrons. The van der Waals surface area contributed by atoms with Crippen LogP contribution in [0.4, 0.5) is 0 Å². The van der Waals surface area contributed by atoms with E-state index < -0.39 is 0 Å². The van der Waals surface area contributed by atoms with Gasteiger partial charge in [-0.25, -0.2) is 0 Å². The van der Waals surface area contributed by atoms with Crippen molar-refractivity contribution in [3.8, 4) is 0 Å². The second-order valence-electron chi connectivity index (χ2n) is 5.22. The van der Waals surface area contributed by atoms with E-state index in [1.807, 2.05) is 0 Å². The minimum absolute atomic E-state index is 0.163. The van der Waals surface area contributed by atoms with Gasteiger partial charge in [0.2, 0.25) is 0 Å². The fourth-order valence-electron chi connectivity index (χ4n) is 2.03. The van der Waals surface area contributed by atoms with Crippen LogP contribution in [0.15, 0.2) is 24.3 Å². The second-order valence-corrected chi connectivity index (χ2v) is 5.22. The molecule has 0 aliphatic rings. The van der Waals surface area contributed by atoms with Crippen LogP contribution in [-0.2, 0) is 9.53 Å². The Morgan fingerprint density at radius 2 is 1.40 bits per heavy atom. The summed E-state index contributed by atoms with van der Waals surface area (Å²) in [6, 6.07) is 0. The van der Waals surface area contributed by atoms with Crippen molar-refractivity contribution in [3.05, 3.63) is 24.3 Å². The van der Waals surface area contributed by atoms with E-state index in [1.165, 1.54) is 58.3 Å². The van der Waals surface area contributed by atoms with E-state index in [0.29, 0.717) is 6.61 Å². The zero-order chi connectivity index (χ0) is 14.9. The lowest BCUT2D eigenvalue weighted by Gasteiger charge is -2.02. The molecule has 2 heteroatoms. The van der Waals surface area contributed by atoms with E-state index in [9.17, 15) is 4.79 Å². The zero-order valence-electron chi connectivity index (χ0n) is 13.4. The Balaban J connectivity index is 3.08. The molecule has 0 saturated carbocycles. The highest BCUT2D eigenvalue weighted by Crippen LogP contribution is 2.10. The Kier molecular flexibility index (Phi) is 15.2. The van der Waals surface area contributed by atoms with Crippen LogP contribution in [0.5, 0.6) is 0 Å². The molecule has 0 heterocycles. The van der Waals surface area contributed by atoms with Gasteiger partial charge in [-0.15, -0.1) is 0 Å². The number of carbonyl (C=O) groups excluding carboxylic acids is 1. The maximum Gasteiger partial charge on any atom is 0.302 e. The molecule has 0 N–H and O–H groups in total. The van der Waals surface area contributed by atoms with Gasteiger partial charge in [-0.2, -0.15) is 0 Å². The Morgan fingerprint density at radius 3 is 2.00 bits per heavy atom. The van der Waals surface area contributed by atoms with E-state index >= 15 is 0 Å². The minimum atomic E-state index is -0.163. The minimum Gasteiger partial charge on any atom is -0.466 e. The van der Waals surface area contributed by atoms with Crippen molar-refractivity contribution in [1.82, 2.24) is 0 Å². The number of rotatable bonds is 13. The van der Waals surface area contributed by atoms with Gasteiger partial charge >= 0.3 is 5.97 Å². The molecular formula is C18H32O2. The van der Waals surface area contributed by atoms with E-state index in [0.717, 1.165) is 12.8 Å². The quantitative estimate of drug-likeness (QED) is 0.250. The summed E-state index contributed by atoms with van der Waals surface area (Å²) >= 11 is 0. The first-order chi connectivity index (χ1) is 9.77. The fraction of sp³-hybridized carbons (Fsp3) is 0.722. The number of hydrogen-bond acceptors (Lipinski definition) is 2. The smallest absolute Gasteiger partial charge is 0.302 e. The van der Waals surface area contributed by atoms with Crippen molar-refractivity contribution in [3.63, 3.8) is 0 Å². The van der Waals surface area contributed by atoms with Crippen LogP contribution in [0.25, 0.3) is 0 Å². The predicted octanol–water partition coefficient (Wildman–Crippen LogP) is 5.58. The summed E-state index contributed by atoms with van der Waals surface area (Å²) < 4.78 is 4.90. The topological polar surface area (TPSA) is 26.3 Å². The van der Waals surface area contributed by atoms with Crippen LogP contribution >= 0.6 is 0 Å². The zero-order valence-corrected chi connectivity index (χ0v) is 13.4. The van der Waals surface area contributed by atoms with Crippen LogP contribution in [0, 0.1) is 0 Å². The molecule has 0 unspecified atom stereocenters. The molecule has 0 spiro atoms.